The third-order valence-corrected chi connectivity index (χ3v) is 3.45. The van der Waals surface area contributed by atoms with Crippen molar-refractivity contribution < 1.29 is 23.8 Å². The summed E-state index contributed by atoms with van der Waals surface area (Å²) in [6.45, 7) is 1.39. The summed E-state index contributed by atoms with van der Waals surface area (Å²) < 4.78 is 23.9. The lowest BCUT2D eigenvalue weighted by Gasteiger charge is -2.18. The predicted octanol–water partition coefficient (Wildman–Crippen LogP) is 3.27. The summed E-state index contributed by atoms with van der Waals surface area (Å²) in [6.07, 6.45) is 0. The van der Waals surface area contributed by atoms with E-state index < -0.39 is 11.7 Å². The summed E-state index contributed by atoms with van der Waals surface area (Å²) in [4.78, 5) is 12.1. The number of hydrogen-bond acceptors (Lipinski definition) is 4. The summed E-state index contributed by atoms with van der Waals surface area (Å²) in [6, 6.07) is 8.55. The van der Waals surface area contributed by atoms with Crippen molar-refractivity contribution in [3.05, 3.63) is 53.3 Å². The van der Waals surface area contributed by atoms with Crippen LogP contribution in [0.4, 0.5) is 4.39 Å². The quantitative estimate of drug-likeness (QED) is 0.921. The van der Waals surface area contributed by atoms with Gasteiger partial charge in [-0.2, -0.15) is 0 Å². The van der Waals surface area contributed by atoms with Gasteiger partial charge in [0.15, 0.2) is 11.5 Å². The van der Waals surface area contributed by atoms with Gasteiger partial charge in [-0.25, -0.2) is 4.39 Å². The Labute approximate surface area is 128 Å². The molecule has 0 aromatic heterocycles. The van der Waals surface area contributed by atoms with Crippen LogP contribution in [0.3, 0.4) is 0 Å². The molecule has 2 rings (SSSR count). The molecule has 0 aliphatic rings. The number of halogens is 1. The third-order valence-electron chi connectivity index (χ3n) is 3.45. The average Bonchev–Trinajstić information content (AvgIpc) is 2.50. The molecule has 4 nitrogen and oxygen atoms in total. The molecule has 22 heavy (non-hydrogen) atoms. The van der Waals surface area contributed by atoms with Crippen molar-refractivity contribution in [2.24, 2.45) is 0 Å². The maximum atomic E-state index is 13.5. The number of phenolic OH excluding ortho intramolecular Hbond substituents is 1. The first-order valence-electron chi connectivity index (χ1n) is 6.68. The van der Waals surface area contributed by atoms with Gasteiger partial charge in [0, 0.05) is 5.56 Å². The van der Waals surface area contributed by atoms with Crippen molar-refractivity contribution in [1.82, 2.24) is 0 Å². The standard InChI is InChI=1S/C17H17FO4/c1-10(19)17(13-9-12(18)5-6-14(13)20)11-4-7-15(21-2)16(8-11)22-3/h4-9,17,20H,1-3H3. The molecule has 0 saturated carbocycles. The fourth-order valence-corrected chi connectivity index (χ4v) is 2.42. The van der Waals surface area contributed by atoms with Crippen LogP contribution in [-0.2, 0) is 4.79 Å². The molecule has 0 aliphatic heterocycles. The molecule has 1 atom stereocenters. The van der Waals surface area contributed by atoms with E-state index in [1.807, 2.05) is 0 Å². The lowest BCUT2D eigenvalue weighted by molar-refractivity contribution is -0.117. The number of ketones is 1. The van der Waals surface area contributed by atoms with E-state index in [1.54, 1.807) is 18.2 Å². The minimum atomic E-state index is -0.782. The fraction of sp³-hybridized carbons (Fsp3) is 0.235. The monoisotopic (exact) mass is 304 g/mol. The Balaban J connectivity index is 2.58. The number of carbonyl (C=O) groups excluding carboxylic acids is 1. The first kappa shape index (κ1) is 15.8. The molecule has 116 valence electrons. The van der Waals surface area contributed by atoms with E-state index in [1.165, 1.54) is 27.2 Å². The molecular weight excluding hydrogens is 287 g/mol. The number of Topliss-reactive ketones (excluding diaryl/α,β-unsaturated/α-hetero) is 1. The molecule has 0 fully saturated rings. The average molecular weight is 304 g/mol. The minimum absolute atomic E-state index is 0.128. The fourth-order valence-electron chi connectivity index (χ4n) is 2.42. The van der Waals surface area contributed by atoms with Crippen LogP contribution >= 0.6 is 0 Å². The zero-order valence-electron chi connectivity index (χ0n) is 12.6. The van der Waals surface area contributed by atoms with E-state index >= 15 is 0 Å². The predicted molar refractivity (Wildman–Crippen MR) is 80.1 cm³/mol. The van der Waals surface area contributed by atoms with E-state index in [0.29, 0.717) is 17.1 Å². The van der Waals surface area contributed by atoms with Crippen molar-refractivity contribution >= 4 is 5.78 Å². The van der Waals surface area contributed by atoms with Crippen molar-refractivity contribution in [2.45, 2.75) is 12.8 Å². The maximum absolute atomic E-state index is 13.5. The van der Waals surface area contributed by atoms with Gasteiger partial charge in [0.1, 0.15) is 17.3 Å². The van der Waals surface area contributed by atoms with E-state index in [2.05, 4.69) is 0 Å². The van der Waals surface area contributed by atoms with Gasteiger partial charge in [0.25, 0.3) is 0 Å². The summed E-state index contributed by atoms with van der Waals surface area (Å²) in [5.74, 6) is -0.654. The zero-order valence-corrected chi connectivity index (χ0v) is 12.6. The van der Waals surface area contributed by atoms with Crippen LogP contribution in [0.15, 0.2) is 36.4 Å². The van der Waals surface area contributed by atoms with Crippen molar-refractivity contribution in [2.75, 3.05) is 14.2 Å². The highest BCUT2D eigenvalue weighted by Crippen LogP contribution is 2.36. The molecule has 1 unspecified atom stereocenters. The van der Waals surface area contributed by atoms with Crippen LogP contribution in [0.5, 0.6) is 17.2 Å². The zero-order chi connectivity index (χ0) is 16.3. The Kier molecular flexibility index (Phi) is 4.65. The molecule has 0 spiro atoms. The number of ether oxygens (including phenoxy) is 2. The van der Waals surface area contributed by atoms with Gasteiger partial charge in [-0.3, -0.25) is 4.79 Å². The highest BCUT2D eigenvalue weighted by atomic mass is 19.1. The molecule has 1 N–H and O–H groups in total. The van der Waals surface area contributed by atoms with Gasteiger partial charge in [-0.15, -0.1) is 0 Å². The first-order valence-corrected chi connectivity index (χ1v) is 6.68. The highest BCUT2D eigenvalue weighted by Gasteiger charge is 2.24. The number of rotatable bonds is 5. The van der Waals surface area contributed by atoms with E-state index in [-0.39, 0.29) is 17.1 Å². The SMILES string of the molecule is COc1ccc(C(C(C)=O)c2cc(F)ccc2O)cc1OC. The van der Waals surface area contributed by atoms with Crippen molar-refractivity contribution in [1.29, 1.82) is 0 Å². The topological polar surface area (TPSA) is 55.8 Å². The molecule has 0 radical (unpaired) electrons. The number of phenols is 1. The number of benzene rings is 2. The Morgan fingerprint density at radius 1 is 1.09 bits per heavy atom. The minimum Gasteiger partial charge on any atom is -0.508 e. The maximum Gasteiger partial charge on any atom is 0.161 e. The number of hydrogen-bond donors (Lipinski definition) is 1. The van der Waals surface area contributed by atoms with Crippen molar-refractivity contribution in [3.63, 3.8) is 0 Å². The number of carbonyl (C=O) groups is 1. The van der Waals surface area contributed by atoms with Gasteiger partial charge in [-0.1, -0.05) is 6.07 Å². The molecular formula is C17H17FO4. The molecule has 0 saturated heterocycles. The molecule has 0 heterocycles. The lowest BCUT2D eigenvalue weighted by Crippen LogP contribution is -2.11. The van der Waals surface area contributed by atoms with Crippen LogP contribution in [0, 0.1) is 5.82 Å². The largest absolute Gasteiger partial charge is 0.508 e. The lowest BCUT2D eigenvalue weighted by atomic mass is 9.87. The van der Waals surface area contributed by atoms with Crippen LogP contribution < -0.4 is 9.47 Å². The second kappa shape index (κ2) is 6.47. The molecule has 5 heteroatoms. The molecule has 0 amide bonds. The Hall–Kier alpha value is -2.56. The second-order valence-corrected chi connectivity index (χ2v) is 4.86. The van der Waals surface area contributed by atoms with E-state index in [9.17, 15) is 14.3 Å². The molecule has 0 aliphatic carbocycles. The smallest absolute Gasteiger partial charge is 0.161 e. The van der Waals surface area contributed by atoms with Crippen molar-refractivity contribution in [3.8, 4) is 17.2 Å². The summed E-state index contributed by atoms with van der Waals surface area (Å²) in [5.41, 5.74) is 0.811. The number of methoxy groups -OCH3 is 2. The summed E-state index contributed by atoms with van der Waals surface area (Å²) in [7, 11) is 3.00. The van der Waals surface area contributed by atoms with Gasteiger partial charge in [0.05, 0.1) is 20.1 Å². The molecule has 0 bridgehead atoms. The Morgan fingerprint density at radius 3 is 2.36 bits per heavy atom. The van der Waals surface area contributed by atoms with Crippen LogP contribution in [0.2, 0.25) is 0 Å². The number of aromatic hydroxyl groups is 1. The summed E-state index contributed by atoms with van der Waals surface area (Å²) >= 11 is 0. The van der Waals surface area contributed by atoms with Crippen LogP contribution in [0.1, 0.15) is 24.0 Å². The first-order chi connectivity index (χ1) is 10.5. The van der Waals surface area contributed by atoms with E-state index in [4.69, 9.17) is 9.47 Å². The Morgan fingerprint density at radius 2 is 1.77 bits per heavy atom. The highest BCUT2D eigenvalue weighted by molar-refractivity contribution is 5.88. The van der Waals surface area contributed by atoms with Gasteiger partial charge in [-0.05, 0) is 42.8 Å². The van der Waals surface area contributed by atoms with E-state index in [0.717, 1.165) is 12.1 Å². The Bertz CT molecular complexity index is 697. The van der Waals surface area contributed by atoms with Crippen LogP contribution in [-0.4, -0.2) is 25.1 Å². The van der Waals surface area contributed by atoms with Gasteiger partial charge >= 0.3 is 0 Å². The third kappa shape index (κ3) is 3.03. The normalized spacial score (nSPS) is 11.8. The van der Waals surface area contributed by atoms with Crippen LogP contribution in [0.25, 0.3) is 0 Å². The molecule has 2 aromatic carbocycles. The summed E-state index contributed by atoms with van der Waals surface area (Å²) in [5, 5.41) is 9.97. The van der Waals surface area contributed by atoms with Gasteiger partial charge < -0.3 is 14.6 Å². The van der Waals surface area contributed by atoms with Gasteiger partial charge in [0.2, 0.25) is 0 Å². The second-order valence-electron chi connectivity index (χ2n) is 4.86. The molecule has 2 aromatic rings.